The fourth-order valence-corrected chi connectivity index (χ4v) is 3.51. The van der Waals surface area contributed by atoms with Gasteiger partial charge in [0.05, 0.1) is 31.3 Å². The number of rotatable bonds is 6. The van der Waals surface area contributed by atoms with Crippen molar-refractivity contribution < 1.29 is 14.3 Å². The molecule has 0 bridgehead atoms. The van der Waals surface area contributed by atoms with Gasteiger partial charge in [-0.25, -0.2) is 0 Å². The summed E-state index contributed by atoms with van der Waals surface area (Å²) in [6, 6.07) is 12.8. The molecule has 6 nitrogen and oxygen atoms in total. The molecule has 0 radical (unpaired) electrons. The van der Waals surface area contributed by atoms with Crippen LogP contribution in [0.1, 0.15) is 30.6 Å². The van der Waals surface area contributed by atoms with Crippen molar-refractivity contribution >= 4 is 11.8 Å². The van der Waals surface area contributed by atoms with Gasteiger partial charge in [-0.1, -0.05) is 24.3 Å². The highest BCUT2D eigenvalue weighted by atomic mass is 16.5. The van der Waals surface area contributed by atoms with Gasteiger partial charge in [-0.15, -0.1) is 0 Å². The van der Waals surface area contributed by atoms with Crippen molar-refractivity contribution in [2.45, 2.75) is 25.9 Å². The van der Waals surface area contributed by atoms with Crippen molar-refractivity contribution in [1.29, 1.82) is 0 Å². The minimum Gasteiger partial charge on any atom is -0.496 e. The number of hydrogen-bond donors (Lipinski definition) is 1. The zero-order valence-electron chi connectivity index (χ0n) is 15.0. The number of carbonyl (C=O) groups excluding carboxylic acids is 2. The molecular weight excluding hydrogens is 330 g/mol. The summed E-state index contributed by atoms with van der Waals surface area (Å²) in [7, 11) is 1.60. The highest BCUT2D eigenvalue weighted by molar-refractivity contribution is 5.90. The lowest BCUT2D eigenvalue weighted by Crippen LogP contribution is -2.35. The Morgan fingerprint density at radius 2 is 2.04 bits per heavy atom. The second-order valence-corrected chi connectivity index (χ2v) is 6.22. The summed E-state index contributed by atoms with van der Waals surface area (Å²) in [5, 5.41) is 2.92. The second-order valence-electron chi connectivity index (χ2n) is 6.22. The number of methoxy groups -OCH3 is 1. The molecule has 1 aliphatic heterocycles. The highest BCUT2D eigenvalue weighted by Crippen LogP contribution is 2.41. The van der Waals surface area contributed by atoms with E-state index in [1.54, 1.807) is 18.2 Å². The third kappa shape index (κ3) is 3.54. The summed E-state index contributed by atoms with van der Waals surface area (Å²) in [4.78, 5) is 31.3. The van der Waals surface area contributed by atoms with Gasteiger partial charge in [-0.2, -0.15) is 0 Å². The quantitative estimate of drug-likeness (QED) is 0.865. The van der Waals surface area contributed by atoms with Crippen molar-refractivity contribution in [2.24, 2.45) is 5.92 Å². The molecule has 1 aromatic heterocycles. The van der Waals surface area contributed by atoms with Crippen molar-refractivity contribution in [3.05, 3.63) is 59.9 Å². The largest absolute Gasteiger partial charge is 0.496 e. The van der Waals surface area contributed by atoms with E-state index in [0.717, 1.165) is 11.3 Å². The number of benzene rings is 1. The monoisotopic (exact) mass is 353 g/mol. The predicted octanol–water partition coefficient (Wildman–Crippen LogP) is 2.32. The van der Waals surface area contributed by atoms with Gasteiger partial charge in [0.1, 0.15) is 5.75 Å². The molecule has 1 aromatic carbocycles. The molecule has 2 amide bonds. The number of hydrogen-bond acceptors (Lipinski definition) is 4. The van der Waals surface area contributed by atoms with E-state index >= 15 is 0 Å². The molecule has 6 heteroatoms. The van der Waals surface area contributed by atoms with Crippen LogP contribution in [0.4, 0.5) is 0 Å². The maximum absolute atomic E-state index is 12.9. The number of pyridine rings is 1. The van der Waals surface area contributed by atoms with Gasteiger partial charge in [-0.3, -0.25) is 14.6 Å². The number of aromatic nitrogens is 1. The lowest BCUT2D eigenvalue weighted by molar-refractivity contribution is -0.129. The minimum atomic E-state index is -0.456. The van der Waals surface area contributed by atoms with Crippen molar-refractivity contribution in [2.75, 3.05) is 13.7 Å². The van der Waals surface area contributed by atoms with Crippen LogP contribution in [0.2, 0.25) is 0 Å². The Balaban J connectivity index is 1.84. The van der Waals surface area contributed by atoms with E-state index in [4.69, 9.17) is 4.74 Å². The molecule has 0 aliphatic carbocycles. The molecule has 3 rings (SSSR count). The SMILES string of the molecule is CCN1C(=O)C[C@@H](C(=O)NCc2ccccn2)[C@@H]1c1ccccc1OC. The molecule has 1 fully saturated rings. The maximum Gasteiger partial charge on any atom is 0.226 e. The van der Waals surface area contributed by atoms with Crippen molar-refractivity contribution in [3.8, 4) is 5.75 Å². The number of likely N-dealkylation sites (tertiary alicyclic amines) is 1. The molecular formula is C20H23N3O3. The number of nitrogens with zero attached hydrogens (tertiary/aromatic N) is 2. The Kier molecular flexibility index (Phi) is 5.51. The molecule has 0 spiro atoms. The fourth-order valence-electron chi connectivity index (χ4n) is 3.51. The van der Waals surface area contributed by atoms with Crippen LogP contribution in [0, 0.1) is 5.92 Å². The van der Waals surface area contributed by atoms with Crippen LogP contribution in [0.25, 0.3) is 0 Å². The lowest BCUT2D eigenvalue weighted by atomic mass is 9.92. The summed E-state index contributed by atoms with van der Waals surface area (Å²) >= 11 is 0. The third-order valence-electron chi connectivity index (χ3n) is 4.74. The number of para-hydroxylation sites is 1. The average Bonchev–Trinajstić information content (AvgIpc) is 3.03. The number of amides is 2. The Hall–Kier alpha value is -2.89. The van der Waals surface area contributed by atoms with Crippen LogP contribution in [0.15, 0.2) is 48.7 Å². The van der Waals surface area contributed by atoms with Crippen LogP contribution >= 0.6 is 0 Å². The van der Waals surface area contributed by atoms with E-state index in [2.05, 4.69) is 10.3 Å². The predicted molar refractivity (Wildman–Crippen MR) is 97.3 cm³/mol. The molecule has 1 N–H and O–H groups in total. The van der Waals surface area contributed by atoms with Crippen molar-refractivity contribution in [3.63, 3.8) is 0 Å². The Morgan fingerprint density at radius 3 is 2.73 bits per heavy atom. The Labute approximate surface area is 153 Å². The van der Waals surface area contributed by atoms with Crippen LogP contribution in [-0.2, 0) is 16.1 Å². The summed E-state index contributed by atoms with van der Waals surface area (Å²) in [6.45, 7) is 2.81. The molecule has 136 valence electrons. The van der Waals surface area contributed by atoms with E-state index in [-0.39, 0.29) is 24.3 Å². The van der Waals surface area contributed by atoms with E-state index in [1.807, 2.05) is 49.4 Å². The fraction of sp³-hybridized carbons (Fsp3) is 0.350. The maximum atomic E-state index is 12.9. The van der Waals surface area contributed by atoms with Crippen LogP contribution in [-0.4, -0.2) is 35.4 Å². The number of ether oxygens (including phenoxy) is 1. The molecule has 0 saturated carbocycles. The first kappa shape index (κ1) is 17.9. The van der Waals surface area contributed by atoms with E-state index < -0.39 is 5.92 Å². The van der Waals surface area contributed by atoms with Gasteiger partial charge in [0.15, 0.2) is 0 Å². The topological polar surface area (TPSA) is 71.5 Å². The van der Waals surface area contributed by atoms with Crippen molar-refractivity contribution in [1.82, 2.24) is 15.2 Å². The number of nitrogens with one attached hydrogen (secondary N) is 1. The van der Waals surface area contributed by atoms with Crippen LogP contribution < -0.4 is 10.1 Å². The first-order valence-corrected chi connectivity index (χ1v) is 8.75. The second kappa shape index (κ2) is 7.99. The molecule has 1 saturated heterocycles. The molecule has 2 aromatic rings. The summed E-state index contributed by atoms with van der Waals surface area (Å²) in [6.07, 6.45) is 1.89. The zero-order chi connectivity index (χ0) is 18.5. The van der Waals surface area contributed by atoms with Gasteiger partial charge in [0.2, 0.25) is 11.8 Å². The normalized spacial score (nSPS) is 19.5. The Bertz CT molecular complexity index is 779. The van der Waals surface area contributed by atoms with Gasteiger partial charge < -0.3 is 15.0 Å². The summed E-state index contributed by atoms with van der Waals surface area (Å²) < 4.78 is 5.46. The molecule has 2 atom stereocenters. The first-order valence-electron chi connectivity index (χ1n) is 8.75. The minimum absolute atomic E-state index is 0.0126. The van der Waals surface area contributed by atoms with Gasteiger partial charge >= 0.3 is 0 Å². The zero-order valence-corrected chi connectivity index (χ0v) is 15.0. The molecule has 26 heavy (non-hydrogen) atoms. The summed E-state index contributed by atoms with van der Waals surface area (Å²) in [5.74, 6) is 0.0767. The standard InChI is InChI=1S/C20H23N3O3/c1-3-23-18(24)12-16(19(23)15-9-4-5-10-17(15)26-2)20(25)22-13-14-8-6-7-11-21-14/h4-11,16,19H,3,12-13H2,1-2H3,(H,22,25)/t16-,19+/m1/s1. The number of carbonyl (C=O) groups is 2. The smallest absolute Gasteiger partial charge is 0.226 e. The highest BCUT2D eigenvalue weighted by Gasteiger charge is 2.44. The molecule has 2 heterocycles. The summed E-state index contributed by atoms with van der Waals surface area (Å²) in [5.41, 5.74) is 1.65. The van der Waals surface area contributed by atoms with E-state index in [0.29, 0.717) is 18.8 Å². The van der Waals surface area contributed by atoms with Gasteiger partial charge in [-0.05, 0) is 25.1 Å². The van der Waals surface area contributed by atoms with Gasteiger partial charge in [0, 0.05) is 24.7 Å². The lowest BCUT2D eigenvalue weighted by Gasteiger charge is -2.28. The van der Waals surface area contributed by atoms with E-state index in [9.17, 15) is 9.59 Å². The Morgan fingerprint density at radius 1 is 1.27 bits per heavy atom. The van der Waals surface area contributed by atoms with Crippen LogP contribution in [0.3, 0.4) is 0 Å². The molecule has 0 unspecified atom stereocenters. The molecule has 1 aliphatic rings. The average molecular weight is 353 g/mol. The first-order chi connectivity index (χ1) is 12.7. The van der Waals surface area contributed by atoms with Gasteiger partial charge in [0.25, 0.3) is 0 Å². The third-order valence-corrected chi connectivity index (χ3v) is 4.74. The van der Waals surface area contributed by atoms with E-state index in [1.165, 1.54) is 0 Å². The van der Waals surface area contributed by atoms with Crippen LogP contribution in [0.5, 0.6) is 5.75 Å².